The number of aryl methyl sites for hydroxylation is 1. The van der Waals surface area contributed by atoms with Gasteiger partial charge in [0.05, 0.1) is 26.3 Å². The molecule has 35 heavy (non-hydrogen) atoms. The van der Waals surface area contributed by atoms with Gasteiger partial charge in [-0.1, -0.05) is 6.92 Å². The summed E-state index contributed by atoms with van der Waals surface area (Å²) >= 11 is 1.50. The van der Waals surface area contributed by atoms with Crippen molar-refractivity contribution in [3.05, 3.63) is 53.2 Å². The van der Waals surface area contributed by atoms with Crippen molar-refractivity contribution < 1.29 is 9.59 Å². The van der Waals surface area contributed by atoms with Gasteiger partial charge in [0.2, 0.25) is 0 Å². The number of rotatable bonds is 5. The van der Waals surface area contributed by atoms with Crippen LogP contribution in [0.25, 0.3) is 21.1 Å². The topological polar surface area (TPSA) is 79.3 Å². The zero-order valence-electron chi connectivity index (χ0n) is 20.0. The van der Waals surface area contributed by atoms with Gasteiger partial charge in [-0.25, -0.2) is 4.79 Å². The molecule has 0 spiro atoms. The zero-order chi connectivity index (χ0) is 24.1. The van der Waals surface area contributed by atoms with E-state index in [9.17, 15) is 9.59 Å². The molecule has 2 aliphatic rings. The van der Waals surface area contributed by atoms with E-state index in [2.05, 4.69) is 28.6 Å². The van der Waals surface area contributed by atoms with E-state index >= 15 is 0 Å². The lowest BCUT2D eigenvalue weighted by atomic mass is 10.1. The van der Waals surface area contributed by atoms with Crippen LogP contribution in [-0.2, 0) is 0 Å². The average Bonchev–Trinajstić information content (AvgIpc) is 3.24. The summed E-state index contributed by atoms with van der Waals surface area (Å²) in [5, 5.41) is 7.60. The number of fused-ring (bicyclic) bond motifs is 2. The first-order chi connectivity index (χ1) is 17.0. The molecule has 0 radical (unpaired) electrons. The lowest BCUT2D eigenvalue weighted by Crippen LogP contribution is -2.34. The first-order valence-corrected chi connectivity index (χ1v) is 13.2. The Morgan fingerprint density at radius 2 is 2.00 bits per heavy atom. The quantitative estimate of drug-likeness (QED) is 0.360. The molecule has 3 aromatic heterocycles. The van der Waals surface area contributed by atoms with Crippen LogP contribution in [0, 0.1) is 6.92 Å². The van der Waals surface area contributed by atoms with Crippen LogP contribution in [0.3, 0.4) is 0 Å². The number of pyridine rings is 1. The molecule has 1 aliphatic carbocycles. The van der Waals surface area contributed by atoms with Crippen LogP contribution in [0.4, 0.5) is 16.2 Å². The monoisotopic (exact) mass is 487 g/mol. The van der Waals surface area contributed by atoms with Gasteiger partial charge < -0.3 is 15.5 Å². The number of nitrogens with one attached hydrogen (secondary N) is 2. The largest absolute Gasteiger partial charge is 0.354 e. The summed E-state index contributed by atoms with van der Waals surface area (Å²) in [5.41, 5.74) is 4.49. The molecule has 1 saturated carbocycles. The molecular weight excluding hydrogens is 458 g/mol. The number of aromatic nitrogens is 2. The molecule has 8 heteroatoms. The number of hydrogen-bond donors (Lipinski definition) is 2. The van der Waals surface area contributed by atoms with Crippen LogP contribution in [-0.4, -0.2) is 45.0 Å². The van der Waals surface area contributed by atoms with Crippen molar-refractivity contribution in [1.82, 2.24) is 19.8 Å². The molecule has 1 aliphatic heterocycles. The summed E-state index contributed by atoms with van der Waals surface area (Å²) < 4.78 is 2.72. The Bertz CT molecular complexity index is 1450. The van der Waals surface area contributed by atoms with Crippen molar-refractivity contribution in [2.45, 2.75) is 58.0 Å². The third-order valence-electron chi connectivity index (χ3n) is 7.10. The maximum Gasteiger partial charge on any atom is 0.326 e. The summed E-state index contributed by atoms with van der Waals surface area (Å²) in [7, 11) is 0. The van der Waals surface area contributed by atoms with Gasteiger partial charge >= 0.3 is 6.03 Å². The highest BCUT2D eigenvalue weighted by Crippen LogP contribution is 2.35. The van der Waals surface area contributed by atoms with Gasteiger partial charge in [-0.05, 0) is 75.4 Å². The molecule has 4 aromatic rings. The number of carbonyl (C=O) groups excluding carboxylic acids is 2. The van der Waals surface area contributed by atoms with E-state index in [4.69, 9.17) is 0 Å². The molecule has 2 amide bonds. The van der Waals surface area contributed by atoms with Crippen molar-refractivity contribution in [3.8, 4) is 0 Å². The number of nitrogens with zero attached hydrogens (tertiary/aromatic N) is 3. The number of hydrogen-bond acceptors (Lipinski definition) is 5. The fraction of sp³-hybridized carbons (Fsp3) is 0.370. The number of likely N-dealkylation sites (tertiary alicyclic amines) is 1. The van der Waals surface area contributed by atoms with Crippen LogP contribution in [0.5, 0.6) is 0 Å². The van der Waals surface area contributed by atoms with E-state index < -0.39 is 0 Å². The van der Waals surface area contributed by atoms with Gasteiger partial charge in [0.1, 0.15) is 0 Å². The molecule has 2 N–H and O–H groups in total. The fourth-order valence-electron chi connectivity index (χ4n) is 5.13. The van der Waals surface area contributed by atoms with E-state index in [1.165, 1.54) is 11.3 Å². The Labute approximate surface area is 208 Å². The maximum atomic E-state index is 13.2. The number of thiophene rings is 1. The molecule has 0 unspecified atom stereocenters. The van der Waals surface area contributed by atoms with Gasteiger partial charge in [0.25, 0.3) is 5.91 Å². The summed E-state index contributed by atoms with van der Waals surface area (Å²) in [5.74, 6) is 0.117. The Morgan fingerprint density at radius 3 is 2.80 bits per heavy atom. The smallest absolute Gasteiger partial charge is 0.326 e. The zero-order valence-corrected chi connectivity index (χ0v) is 20.8. The number of benzene rings is 1. The number of amides is 2. The second-order valence-electron chi connectivity index (χ2n) is 9.63. The number of anilines is 2. The Hall–Kier alpha value is -3.39. The SMILES string of the molecule is CC[C@@H]1CCCN1C(=O)c1cc2nccc(Nc3ccc4c(c3)cc(C)n4C(=O)NC3CC3)c2s1. The average molecular weight is 488 g/mol. The minimum atomic E-state index is -0.0596. The predicted molar refractivity (Wildman–Crippen MR) is 141 cm³/mol. The molecule has 1 aromatic carbocycles. The van der Waals surface area contributed by atoms with Crippen molar-refractivity contribution in [2.24, 2.45) is 0 Å². The fourth-order valence-corrected chi connectivity index (χ4v) is 6.17. The van der Waals surface area contributed by atoms with Crippen LogP contribution in [0.1, 0.15) is 54.4 Å². The third-order valence-corrected chi connectivity index (χ3v) is 8.25. The maximum absolute atomic E-state index is 13.2. The summed E-state index contributed by atoms with van der Waals surface area (Å²) in [6.07, 6.45) is 7.05. The Morgan fingerprint density at radius 1 is 1.14 bits per heavy atom. The first-order valence-electron chi connectivity index (χ1n) is 12.4. The normalized spacial score (nSPS) is 17.9. The van der Waals surface area contributed by atoms with E-state index in [0.29, 0.717) is 12.1 Å². The molecule has 4 heterocycles. The van der Waals surface area contributed by atoms with Crippen LogP contribution < -0.4 is 10.6 Å². The highest BCUT2D eigenvalue weighted by atomic mass is 32.1. The predicted octanol–water partition coefficient (Wildman–Crippen LogP) is 6.04. The third kappa shape index (κ3) is 4.05. The van der Waals surface area contributed by atoms with Crippen molar-refractivity contribution in [1.29, 1.82) is 0 Å². The molecule has 0 bridgehead atoms. The summed E-state index contributed by atoms with van der Waals surface area (Å²) in [6, 6.07) is 12.5. The molecule has 180 valence electrons. The Balaban J connectivity index is 1.28. The molecule has 6 rings (SSSR count). The lowest BCUT2D eigenvalue weighted by Gasteiger charge is -2.22. The van der Waals surface area contributed by atoms with Crippen molar-refractivity contribution >= 4 is 55.8 Å². The van der Waals surface area contributed by atoms with Gasteiger partial charge in [0, 0.05) is 41.6 Å². The summed E-state index contributed by atoms with van der Waals surface area (Å²) in [4.78, 5) is 33.2. The van der Waals surface area contributed by atoms with Gasteiger partial charge in [0.15, 0.2) is 0 Å². The molecule has 7 nitrogen and oxygen atoms in total. The standard InChI is InChI=1S/C27H29N5O2S/c1-3-20-5-4-12-31(20)26(33)24-15-22-25(35-24)21(10-11-28-22)29-19-8-9-23-17(14-19)13-16(2)32(23)27(34)30-18-6-7-18/h8-11,13-15,18,20H,3-7,12H2,1-2H3,(H,28,29)(H,30,34)/t20-/m1/s1. The van der Waals surface area contributed by atoms with Crippen molar-refractivity contribution in [2.75, 3.05) is 11.9 Å². The van der Waals surface area contributed by atoms with Crippen LogP contribution in [0.2, 0.25) is 0 Å². The minimum absolute atomic E-state index is 0.0596. The van der Waals surface area contributed by atoms with E-state index in [-0.39, 0.29) is 11.9 Å². The highest BCUT2D eigenvalue weighted by Gasteiger charge is 2.29. The van der Waals surface area contributed by atoms with Crippen molar-refractivity contribution in [3.63, 3.8) is 0 Å². The molecular formula is C27H29N5O2S. The molecule has 2 fully saturated rings. The molecule has 1 saturated heterocycles. The van der Waals surface area contributed by atoms with Gasteiger partial charge in [-0.2, -0.15) is 0 Å². The second kappa shape index (κ2) is 8.68. The highest BCUT2D eigenvalue weighted by molar-refractivity contribution is 7.21. The minimum Gasteiger partial charge on any atom is -0.354 e. The van der Waals surface area contributed by atoms with Crippen LogP contribution in [0.15, 0.2) is 42.6 Å². The van der Waals surface area contributed by atoms with E-state index in [0.717, 1.165) is 81.7 Å². The molecule has 1 atom stereocenters. The van der Waals surface area contributed by atoms with E-state index in [1.807, 2.05) is 42.2 Å². The van der Waals surface area contributed by atoms with Gasteiger partial charge in [-0.3, -0.25) is 14.3 Å². The Kier molecular flexibility index (Phi) is 5.48. The second-order valence-corrected chi connectivity index (χ2v) is 10.7. The van der Waals surface area contributed by atoms with E-state index in [1.54, 1.807) is 10.8 Å². The van der Waals surface area contributed by atoms with Gasteiger partial charge in [-0.15, -0.1) is 11.3 Å². The number of carbonyl (C=O) groups is 2. The van der Waals surface area contributed by atoms with Crippen LogP contribution >= 0.6 is 11.3 Å². The first kappa shape index (κ1) is 22.1. The lowest BCUT2D eigenvalue weighted by molar-refractivity contribution is 0.0738. The summed E-state index contributed by atoms with van der Waals surface area (Å²) in [6.45, 7) is 4.94.